The molecule has 0 spiro atoms. The van der Waals surface area contributed by atoms with Crippen LogP contribution in [0.4, 0.5) is 10.5 Å². The Hall–Kier alpha value is -3.58. The number of hydrogen-bond donors (Lipinski definition) is 2. The van der Waals surface area contributed by atoms with Crippen LogP contribution >= 0.6 is 0 Å². The lowest BCUT2D eigenvalue weighted by molar-refractivity contribution is 0.0356. The summed E-state index contributed by atoms with van der Waals surface area (Å²) in [6, 6.07) is 1.00. The Morgan fingerprint density at radius 3 is 2.72 bits per heavy atom. The van der Waals surface area contributed by atoms with Crippen molar-refractivity contribution in [3.05, 3.63) is 34.8 Å². The maximum Gasteiger partial charge on any atom is 0.321 e. The van der Waals surface area contributed by atoms with Gasteiger partial charge in [0.2, 0.25) is 5.88 Å². The summed E-state index contributed by atoms with van der Waals surface area (Å²) >= 11 is 0. The van der Waals surface area contributed by atoms with Crippen molar-refractivity contribution in [3.63, 3.8) is 0 Å². The number of aryl methyl sites for hydroxylation is 2. The van der Waals surface area contributed by atoms with Gasteiger partial charge >= 0.3 is 6.03 Å². The summed E-state index contributed by atoms with van der Waals surface area (Å²) in [4.78, 5) is 34.3. The maximum atomic E-state index is 13.6. The van der Waals surface area contributed by atoms with Crippen LogP contribution in [-0.4, -0.2) is 75.9 Å². The fourth-order valence-corrected chi connectivity index (χ4v) is 5.04. The summed E-state index contributed by atoms with van der Waals surface area (Å²) in [5.74, 6) is 7.26. The van der Waals surface area contributed by atoms with Crippen LogP contribution in [0.2, 0.25) is 0 Å². The number of ether oxygens (including phenoxy) is 1. The van der Waals surface area contributed by atoms with Crippen molar-refractivity contribution >= 4 is 17.6 Å². The minimum Gasteiger partial charge on any atom is -0.472 e. The topological polar surface area (TPSA) is 121 Å². The zero-order valence-corrected chi connectivity index (χ0v) is 23.5. The van der Waals surface area contributed by atoms with E-state index in [0.29, 0.717) is 40.7 Å². The molecule has 1 fully saturated rings. The van der Waals surface area contributed by atoms with E-state index >= 15 is 0 Å². The van der Waals surface area contributed by atoms with Crippen LogP contribution in [0, 0.1) is 37.5 Å². The van der Waals surface area contributed by atoms with E-state index in [4.69, 9.17) is 9.26 Å². The van der Waals surface area contributed by atoms with E-state index in [1.54, 1.807) is 38.1 Å². The molecule has 3 amide bonds. The van der Waals surface area contributed by atoms with Crippen LogP contribution in [-0.2, 0) is 0 Å². The number of fused-ring (bicyclic) bond motifs is 1. The first-order valence-corrected chi connectivity index (χ1v) is 13.7. The van der Waals surface area contributed by atoms with Gasteiger partial charge in [0.1, 0.15) is 23.0 Å². The molecule has 2 aliphatic rings. The Kier molecular flexibility index (Phi) is 9.12. The molecule has 1 saturated carbocycles. The Bertz CT molecular complexity index is 1220. The Labute approximate surface area is 230 Å². The number of hydrogen-bond acceptors (Lipinski definition) is 7. The largest absolute Gasteiger partial charge is 0.472 e. The van der Waals surface area contributed by atoms with Crippen molar-refractivity contribution in [1.29, 1.82) is 0 Å². The number of aliphatic hydroxyl groups excluding tert-OH is 1. The standard InChI is InChI=1S/C29H39N5O5/c1-18-15-34(19(2)17-35)28(36)24-13-23(12-11-22-9-7-6-8-10-22)14-30-27(24)38-25(18)16-33(5)29(37)31-26-20(3)32-39-21(26)4/h13-14,18-19,22,25,35H,6-10,15-17H2,1-5H3,(H,31,37)/t18-,19-,25+/m1/s1. The molecule has 2 aromatic rings. The average Bonchev–Trinajstić information content (AvgIpc) is 3.25. The van der Waals surface area contributed by atoms with Crippen LogP contribution < -0.4 is 10.1 Å². The summed E-state index contributed by atoms with van der Waals surface area (Å²) in [6.45, 7) is 7.69. The van der Waals surface area contributed by atoms with Crippen molar-refractivity contribution in [2.45, 2.75) is 71.9 Å². The van der Waals surface area contributed by atoms with Crippen LogP contribution in [0.5, 0.6) is 5.88 Å². The molecule has 39 heavy (non-hydrogen) atoms. The summed E-state index contributed by atoms with van der Waals surface area (Å²) in [5, 5.41) is 16.6. The first-order chi connectivity index (χ1) is 18.7. The van der Waals surface area contributed by atoms with E-state index in [9.17, 15) is 14.7 Å². The van der Waals surface area contributed by atoms with Crippen molar-refractivity contribution in [1.82, 2.24) is 19.9 Å². The summed E-state index contributed by atoms with van der Waals surface area (Å²) in [5.41, 5.74) is 2.11. The number of aliphatic hydroxyl groups is 1. The number of pyridine rings is 1. The van der Waals surface area contributed by atoms with Crippen molar-refractivity contribution in [3.8, 4) is 17.7 Å². The van der Waals surface area contributed by atoms with Crippen LogP contribution in [0.3, 0.4) is 0 Å². The van der Waals surface area contributed by atoms with Crippen molar-refractivity contribution in [2.24, 2.45) is 11.8 Å². The molecule has 0 bridgehead atoms. The van der Waals surface area contributed by atoms with Crippen molar-refractivity contribution in [2.75, 3.05) is 32.1 Å². The van der Waals surface area contributed by atoms with Gasteiger partial charge in [-0.25, -0.2) is 9.78 Å². The predicted octanol–water partition coefficient (Wildman–Crippen LogP) is 4.00. The van der Waals surface area contributed by atoms with E-state index in [0.717, 1.165) is 12.8 Å². The van der Waals surface area contributed by atoms with E-state index < -0.39 is 12.1 Å². The average molecular weight is 538 g/mol. The molecule has 3 atom stereocenters. The van der Waals surface area contributed by atoms with Gasteiger partial charge in [0.15, 0.2) is 5.76 Å². The molecule has 10 heteroatoms. The van der Waals surface area contributed by atoms with E-state index in [1.807, 2.05) is 13.8 Å². The lowest BCUT2D eigenvalue weighted by Gasteiger charge is -2.37. The minimum atomic E-state index is -0.461. The molecular weight excluding hydrogens is 498 g/mol. The minimum absolute atomic E-state index is 0.155. The molecule has 1 aliphatic heterocycles. The van der Waals surface area contributed by atoms with Gasteiger partial charge in [0.05, 0.1) is 19.2 Å². The van der Waals surface area contributed by atoms with Gasteiger partial charge in [-0.1, -0.05) is 43.2 Å². The molecule has 4 rings (SSSR count). The van der Waals surface area contributed by atoms with E-state index in [2.05, 4.69) is 27.3 Å². The lowest BCUT2D eigenvalue weighted by atomic mass is 9.90. The number of nitrogens with one attached hydrogen (secondary N) is 1. The Balaban J connectivity index is 1.58. The van der Waals surface area contributed by atoms with Gasteiger partial charge in [-0.2, -0.15) is 0 Å². The number of carbonyl (C=O) groups excluding carboxylic acids is 2. The normalized spacial score (nSPS) is 20.6. The number of rotatable bonds is 5. The maximum absolute atomic E-state index is 13.6. The van der Waals surface area contributed by atoms with E-state index in [-0.39, 0.29) is 36.9 Å². The van der Waals surface area contributed by atoms with Gasteiger partial charge in [-0.15, -0.1) is 0 Å². The zero-order valence-electron chi connectivity index (χ0n) is 23.5. The predicted molar refractivity (Wildman–Crippen MR) is 146 cm³/mol. The van der Waals surface area contributed by atoms with Gasteiger partial charge in [-0.3, -0.25) is 4.79 Å². The highest BCUT2D eigenvalue weighted by Crippen LogP contribution is 2.28. The highest BCUT2D eigenvalue weighted by atomic mass is 16.5. The SMILES string of the molecule is Cc1noc(C)c1NC(=O)N(C)C[C@@H]1Oc2ncc(C#CC3CCCCC3)cc2C(=O)N([C@H](C)CO)C[C@H]1C. The van der Waals surface area contributed by atoms with E-state index in [1.165, 1.54) is 24.2 Å². The molecule has 3 heterocycles. The first kappa shape index (κ1) is 28.4. The molecule has 2 aromatic heterocycles. The molecule has 0 radical (unpaired) electrons. The quantitative estimate of drug-likeness (QED) is 0.553. The third kappa shape index (κ3) is 6.71. The number of urea groups is 1. The number of anilines is 1. The third-order valence-corrected chi connectivity index (χ3v) is 7.61. The van der Waals surface area contributed by atoms with Crippen LogP contribution in [0.25, 0.3) is 0 Å². The number of aromatic nitrogens is 2. The first-order valence-electron chi connectivity index (χ1n) is 13.7. The Morgan fingerprint density at radius 1 is 1.31 bits per heavy atom. The molecule has 0 aromatic carbocycles. The molecular formula is C29H39N5O5. The summed E-state index contributed by atoms with van der Waals surface area (Å²) in [7, 11) is 1.68. The molecule has 2 N–H and O–H groups in total. The highest BCUT2D eigenvalue weighted by Gasteiger charge is 2.35. The van der Waals surface area contributed by atoms with Crippen LogP contribution in [0.1, 0.15) is 73.3 Å². The monoisotopic (exact) mass is 537 g/mol. The van der Waals surface area contributed by atoms with Gasteiger partial charge < -0.3 is 29.5 Å². The second-order valence-electron chi connectivity index (χ2n) is 10.8. The van der Waals surface area contributed by atoms with Gasteiger partial charge in [-0.05, 0) is 39.7 Å². The summed E-state index contributed by atoms with van der Waals surface area (Å²) in [6.07, 6.45) is 7.05. The highest BCUT2D eigenvalue weighted by molar-refractivity contribution is 5.97. The zero-order chi connectivity index (χ0) is 28.1. The number of nitrogens with zero attached hydrogens (tertiary/aromatic N) is 4. The molecule has 1 aliphatic carbocycles. The Morgan fingerprint density at radius 2 is 2.05 bits per heavy atom. The number of amides is 3. The molecule has 0 saturated heterocycles. The fraction of sp³-hybridized carbons (Fsp3) is 0.586. The van der Waals surface area contributed by atoms with Gasteiger partial charge in [0, 0.05) is 37.2 Å². The van der Waals surface area contributed by atoms with Crippen molar-refractivity contribution < 1.29 is 24.0 Å². The second-order valence-corrected chi connectivity index (χ2v) is 10.8. The fourth-order valence-electron chi connectivity index (χ4n) is 5.04. The third-order valence-electron chi connectivity index (χ3n) is 7.61. The van der Waals surface area contributed by atoms with Gasteiger partial charge in [0.25, 0.3) is 5.91 Å². The molecule has 10 nitrogen and oxygen atoms in total. The van der Waals surface area contributed by atoms with Crippen LogP contribution in [0.15, 0.2) is 16.8 Å². The number of likely N-dealkylation sites (N-methyl/N-ethyl adjacent to an activating group) is 1. The lowest BCUT2D eigenvalue weighted by Crippen LogP contribution is -2.50. The summed E-state index contributed by atoms with van der Waals surface area (Å²) < 4.78 is 11.5. The molecule has 210 valence electrons. The number of carbonyl (C=O) groups is 2. The smallest absolute Gasteiger partial charge is 0.321 e. The second kappa shape index (κ2) is 12.5. The molecule has 0 unspecified atom stereocenters.